The van der Waals surface area contributed by atoms with Crippen LogP contribution in [0.15, 0.2) is 24.5 Å². The number of benzene rings is 1. The van der Waals surface area contributed by atoms with Gasteiger partial charge in [-0.1, -0.05) is 11.6 Å². The third kappa shape index (κ3) is 2.94. The molecule has 0 unspecified atom stereocenters. The molecule has 0 spiro atoms. The molecular weight excluding hydrogens is 286 g/mol. The summed E-state index contributed by atoms with van der Waals surface area (Å²) in [6.45, 7) is 2.02. The smallest absolute Gasteiger partial charge is 0.153 e. The lowest BCUT2D eigenvalue weighted by atomic mass is 10.2. The van der Waals surface area contributed by atoms with E-state index in [4.69, 9.17) is 11.6 Å². The Hall–Kier alpha value is -1.85. The van der Waals surface area contributed by atoms with Gasteiger partial charge in [-0.3, -0.25) is 0 Å². The normalized spacial score (nSPS) is 11.6. The average Bonchev–Trinajstić information content (AvgIpc) is 2.82. The molecule has 2 aromatic heterocycles. The van der Waals surface area contributed by atoms with Crippen molar-refractivity contribution in [1.82, 2.24) is 15.0 Å². The maximum absolute atomic E-state index is 6.07. The summed E-state index contributed by atoms with van der Waals surface area (Å²) in [5.74, 6) is 0.848. The summed E-state index contributed by atoms with van der Waals surface area (Å²) in [4.78, 5) is 13.6. The second-order valence-corrected chi connectivity index (χ2v) is 5.93. The molecule has 0 radical (unpaired) electrons. The molecule has 21 heavy (non-hydrogen) atoms. The van der Waals surface area contributed by atoms with Crippen LogP contribution in [-0.4, -0.2) is 42.1 Å². The van der Waals surface area contributed by atoms with Crippen LogP contribution in [0.1, 0.15) is 6.42 Å². The van der Waals surface area contributed by atoms with Gasteiger partial charge in [0, 0.05) is 28.9 Å². The summed E-state index contributed by atoms with van der Waals surface area (Å²) in [6.07, 6.45) is 2.69. The molecule has 0 atom stereocenters. The number of nitrogens with one attached hydrogen (secondary N) is 3. The molecule has 0 fully saturated rings. The third-order valence-electron chi connectivity index (χ3n) is 3.49. The highest BCUT2D eigenvalue weighted by molar-refractivity contribution is 6.31. The molecule has 0 aliphatic carbocycles. The minimum Gasteiger partial charge on any atom is -0.368 e. The topological polar surface area (TPSA) is 58.0 Å². The minimum atomic E-state index is 0.713. The number of fused-ring (bicyclic) bond motifs is 3. The number of halogens is 1. The number of nitrogens with zero attached hydrogens (tertiary/aromatic N) is 2. The highest BCUT2D eigenvalue weighted by Gasteiger charge is 2.10. The highest BCUT2D eigenvalue weighted by Crippen LogP contribution is 2.29. The van der Waals surface area contributed by atoms with E-state index in [-0.39, 0.29) is 0 Å². The molecule has 3 aromatic rings. The van der Waals surface area contributed by atoms with Crippen molar-refractivity contribution >= 4 is 39.4 Å². The van der Waals surface area contributed by atoms with Gasteiger partial charge in [0.2, 0.25) is 0 Å². The quantitative estimate of drug-likeness (QED) is 0.629. The summed E-state index contributed by atoms with van der Waals surface area (Å²) in [7, 11) is 4.31. The van der Waals surface area contributed by atoms with Gasteiger partial charge in [0.05, 0.1) is 20.6 Å². The third-order valence-corrected chi connectivity index (χ3v) is 3.72. The zero-order chi connectivity index (χ0) is 14.8. The molecule has 6 heteroatoms. The van der Waals surface area contributed by atoms with Crippen LogP contribution in [0.4, 0.5) is 5.82 Å². The summed E-state index contributed by atoms with van der Waals surface area (Å²) in [6, 6.07) is 5.78. The van der Waals surface area contributed by atoms with Gasteiger partial charge in [0.15, 0.2) is 5.82 Å². The van der Waals surface area contributed by atoms with E-state index >= 15 is 0 Å². The zero-order valence-electron chi connectivity index (χ0n) is 12.2. The van der Waals surface area contributed by atoms with Gasteiger partial charge >= 0.3 is 0 Å². The van der Waals surface area contributed by atoms with E-state index in [0.717, 1.165) is 47.3 Å². The van der Waals surface area contributed by atoms with Gasteiger partial charge in [-0.15, -0.1) is 0 Å². The zero-order valence-corrected chi connectivity index (χ0v) is 13.0. The van der Waals surface area contributed by atoms with Gasteiger partial charge in [0.1, 0.15) is 17.4 Å². The molecule has 0 amide bonds. The van der Waals surface area contributed by atoms with E-state index in [1.807, 2.05) is 18.2 Å². The standard InChI is InChI=1S/C15H18ClN5/c1-21(2)7-3-6-17-15-14-13(18-9-19-15)11-8-10(16)4-5-12(11)20-14/h4-5,8-9,20H,3,6-7H2,1-2H3,(H,17,18,19)/p+1. The van der Waals surface area contributed by atoms with Gasteiger partial charge in [-0.2, -0.15) is 0 Å². The summed E-state index contributed by atoms with van der Waals surface area (Å²) in [5, 5.41) is 5.13. The average molecular weight is 305 g/mol. The predicted molar refractivity (Wildman–Crippen MR) is 87.2 cm³/mol. The lowest BCUT2D eigenvalue weighted by Gasteiger charge is -2.08. The fourth-order valence-electron chi connectivity index (χ4n) is 2.45. The maximum Gasteiger partial charge on any atom is 0.153 e. The first kappa shape index (κ1) is 14.1. The lowest BCUT2D eigenvalue weighted by Crippen LogP contribution is -3.05. The van der Waals surface area contributed by atoms with Crippen LogP contribution in [0.3, 0.4) is 0 Å². The Kier molecular flexibility index (Phi) is 3.94. The first-order valence-corrected chi connectivity index (χ1v) is 7.48. The number of hydrogen-bond acceptors (Lipinski definition) is 3. The predicted octanol–water partition coefficient (Wildman–Crippen LogP) is 1.71. The fraction of sp³-hybridized carbons (Fsp3) is 0.333. The van der Waals surface area contributed by atoms with E-state index < -0.39 is 0 Å². The van der Waals surface area contributed by atoms with E-state index in [1.54, 1.807) is 6.33 Å². The largest absolute Gasteiger partial charge is 0.368 e. The monoisotopic (exact) mass is 304 g/mol. The number of rotatable bonds is 5. The van der Waals surface area contributed by atoms with Crippen LogP contribution >= 0.6 is 11.6 Å². The van der Waals surface area contributed by atoms with Gasteiger partial charge < -0.3 is 15.2 Å². The number of aromatic nitrogens is 3. The molecule has 5 nitrogen and oxygen atoms in total. The van der Waals surface area contributed by atoms with Crippen LogP contribution in [0.5, 0.6) is 0 Å². The summed E-state index contributed by atoms with van der Waals surface area (Å²) >= 11 is 6.07. The molecule has 110 valence electrons. The van der Waals surface area contributed by atoms with Crippen molar-refractivity contribution < 1.29 is 4.90 Å². The minimum absolute atomic E-state index is 0.713. The number of hydrogen-bond donors (Lipinski definition) is 3. The Labute approximate surface area is 128 Å². The molecule has 0 aliphatic heterocycles. The highest BCUT2D eigenvalue weighted by atomic mass is 35.5. The van der Waals surface area contributed by atoms with Crippen LogP contribution in [-0.2, 0) is 0 Å². The Morgan fingerprint density at radius 3 is 2.95 bits per heavy atom. The lowest BCUT2D eigenvalue weighted by molar-refractivity contribution is -0.858. The SMILES string of the molecule is C[NH+](C)CCCNc1ncnc2c1[nH]c1ccc(Cl)cc12. The van der Waals surface area contributed by atoms with Crippen molar-refractivity contribution in [2.45, 2.75) is 6.42 Å². The Morgan fingerprint density at radius 2 is 2.14 bits per heavy atom. The van der Waals surface area contributed by atoms with Crippen LogP contribution < -0.4 is 10.2 Å². The maximum atomic E-state index is 6.07. The molecule has 3 N–H and O–H groups in total. The molecule has 0 saturated heterocycles. The van der Waals surface area contributed by atoms with Gasteiger partial charge in [0.25, 0.3) is 0 Å². The molecule has 0 aliphatic rings. The summed E-state index contributed by atoms with van der Waals surface area (Å²) in [5.41, 5.74) is 2.87. The van der Waals surface area contributed by atoms with Crippen molar-refractivity contribution in [1.29, 1.82) is 0 Å². The van der Waals surface area contributed by atoms with E-state index in [1.165, 1.54) is 4.90 Å². The number of H-pyrrole nitrogens is 1. The summed E-state index contributed by atoms with van der Waals surface area (Å²) < 4.78 is 0. The molecule has 3 rings (SSSR count). The molecule has 2 heterocycles. The first-order valence-electron chi connectivity index (χ1n) is 7.10. The second-order valence-electron chi connectivity index (χ2n) is 5.50. The molecular formula is C15H19ClN5+. The van der Waals surface area contributed by atoms with E-state index in [0.29, 0.717) is 5.02 Å². The van der Waals surface area contributed by atoms with Gasteiger partial charge in [-0.05, 0) is 18.2 Å². The van der Waals surface area contributed by atoms with E-state index in [2.05, 4.69) is 34.4 Å². The molecule has 1 aromatic carbocycles. The van der Waals surface area contributed by atoms with Crippen LogP contribution in [0.25, 0.3) is 21.9 Å². The Morgan fingerprint density at radius 1 is 1.29 bits per heavy atom. The van der Waals surface area contributed by atoms with Crippen molar-refractivity contribution in [2.75, 3.05) is 32.5 Å². The number of aromatic amines is 1. The van der Waals surface area contributed by atoms with Crippen LogP contribution in [0, 0.1) is 0 Å². The Balaban J connectivity index is 1.91. The van der Waals surface area contributed by atoms with E-state index in [9.17, 15) is 0 Å². The van der Waals surface area contributed by atoms with Crippen LogP contribution in [0.2, 0.25) is 5.02 Å². The molecule has 0 saturated carbocycles. The first-order chi connectivity index (χ1) is 10.1. The van der Waals surface area contributed by atoms with Gasteiger partial charge in [-0.25, -0.2) is 9.97 Å². The Bertz CT molecular complexity index is 765. The number of quaternary nitrogens is 1. The van der Waals surface area contributed by atoms with Crippen molar-refractivity contribution in [3.8, 4) is 0 Å². The van der Waals surface area contributed by atoms with Crippen molar-refractivity contribution in [2.24, 2.45) is 0 Å². The fourth-order valence-corrected chi connectivity index (χ4v) is 2.62. The van der Waals surface area contributed by atoms with Crippen molar-refractivity contribution in [3.05, 3.63) is 29.5 Å². The number of anilines is 1. The second kappa shape index (κ2) is 5.87. The molecule has 0 bridgehead atoms. The van der Waals surface area contributed by atoms with Crippen molar-refractivity contribution in [3.63, 3.8) is 0 Å².